The molecule has 1 aromatic rings. The van der Waals surface area contributed by atoms with Crippen molar-refractivity contribution in [3.8, 4) is 5.75 Å². The summed E-state index contributed by atoms with van der Waals surface area (Å²) in [5, 5.41) is 3.16. The lowest BCUT2D eigenvalue weighted by molar-refractivity contribution is 0.228. The van der Waals surface area contributed by atoms with Crippen molar-refractivity contribution < 1.29 is 17.9 Å². The van der Waals surface area contributed by atoms with Crippen molar-refractivity contribution in [2.45, 2.75) is 6.54 Å². The van der Waals surface area contributed by atoms with E-state index in [0.717, 1.165) is 39.4 Å². The zero-order chi connectivity index (χ0) is 13.1. The maximum absolute atomic E-state index is 13.9. The van der Waals surface area contributed by atoms with Crippen molar-refractivity contribution >= 4 is 0 Å². The first-order chi connectivity index (χ1) is 8.63. The lowest BCUT2D eigenvalue weighted by atomic mass is 10.1. The molecule has 1 aliphatic rings. The Morgan fingerprint density at radius 2 is 1.89 bits per heavy atom. The van der Waals surface area contributed by atoms with Crippen molar-refractivity contribution in [1.82, 2.24) is 10.2 Å². The maximum Gasteiger partial charge on any atom is 0.203 e. The molecule has 1 N–H and O–H groups in total. The summed E-state index contributed by atoms with van der Waals surface area (Å²) in [6, 6.07) is 0.898. The van der Waals surface area contributed by atoms with Gasteiger partial charge in [0.1, 0.15) is 0 Å². The van der Waals surface area contributed by atoms with Crippen LogP contribution in [0.1, 0.15) is 5.56 Å². The molecule has 1 aromatic carbocycles. The third-order valence-corrected chi connectivity index (χ3v) is 3.00. The Kier molecular flexibility index (Phi) is 4.08. The molecule has 6 heteroatoms. The van der Waals surface area contributed by atoms with Crippen molar-refractivity contribution in [3.05, 3.63) is 29.1 Å². The maximum atomic E-state index is 13.9. The highest BCUT2D eigenvalue weighted by Crippen LogP contribution is 2.27. The molecule has 0 saturated carbocycles. The van der Waals surface area contributed by atoms with E-state index < -0.39 is 23.2 Å². The summed E-state index contributed by atoms with van der Waals surface area (Å²) < 4.78 is 45.0. The van der Waals surface area contributed by atoms with E-state index in [4.69, 9.17) is 0 Å². The summed E-state index contributed by atoms with van der Waals surface area (Å²) in [7, 11) is 1.12. The van der Waals surface area contributed by atoms with Crippen molar-refractivity contribution in [2.24, 2.45) is 0 Å². The van der Waals surface area contributed by atoms with Gasteiger partial charge in [-0.15, -0.1) is 0 Å². The average molecular weight is 260 g/mol. The lowest BCUT2D eigenvalue weighted by Gasteiger charge is -2.27. The van der Waals surface area contributed by atoms with Gasteiger partial charge >= 0.3 is 0 Å². The number of methoxy groups -OCH3 is 1. The standard InChI is InChI=1S/C12H15F3N2O/c1-18-12-10(14)8(6-9(13)11(12)15)7-17-4-2-16-3-5-17/h6,16H,2-5,7H2,1H3. The Hall–Kier alpha value is -1.27. The Morgan fingerprint density at radius 3 is 2.50 bits per heavy atom. The van der Waals surface area contributed by atoms with Gasteiger partial charge in [-0.25, -0.2) is 8.78 Å². The second-order valence-electron chi connectivity index (χ2n) is 4.20. The summed E-state index contributed by atoms with van der Waals surface area (Å²) >= 11 is 0. The lowest BCUT2D eigenvalue weighted by Crippen LogP contribution is -2.43. The Morgan fingerprint density at radius 1 is 1.22 bits per heavy atom. The summed E-state index contributed by atoms with van der Waals surface area (Å²) in [6.45, 7) is 3.37. The fraction of sp³-hybridized carbons (Fsp3) is 0.500. The molecule has 2 rings (SSSR count). The van der Waals surface area contributed by atoms with Crippen molar-refractivity contribution in [1.29, 1.82) is 0 Å². The van der Waals surface area contributed by atoms with Crippen LogP contribution in [-0.2, 0) is 6.54 Å². The number of hydrogen-bond donors (Lipinski definition) is 1. The van der Waals surface area contributed by atoms with Crippen LogP contribution in [0.15, 0.2) is 6.07 Å². The number of ether oxygens (including phenoxy) is 1. The van der Waals surface area contributed by atoms with Crippen LogP contribution in [0.4, 0.5) is 13.2 Å². The van der Waals surface area contributed by atoms with Gasteiger partial charge in [-0.2, -0.15) is 4.39 Å². The zero-order valence-electron chi connectivity index (χ0n) is 10.1. The third kappa shape index (κ3) is 2.59. The zero-order valence-corrected chi connectivity index (χ0v) is 10.1. The number of halogens is 3. The second-order valence-corrected chi connectivity index (χ2v) is 4.20. The van der Waals surface area contributed by atoms with Crippen LogP contribution in [0.3, 0.4) is 0 Å². The molecule has 1 aliphatic heterocycles. The Bertz CT molecular complexity index is 434. The van der Waals surface area contributed by atoms with Crippen molar-refractivity contribution in [3.63, 3.8) is 0 Å². The molecule has 0 atom stereocenters. The molecule has 100 valence electrons. The highest BCUT2D eigenvalue weighted by Gasteiger charge is 2.21. The summed E-state index contributed by atoms with van der Waals surface area (Å²) in [6.07, 6.45) is 0. The van der Waals surface area contributed by atoms with Crippen LogP contribution in [-0.4, -0.2) is 38.2 Å². The minimum absolute atomic E-state index is 0.118. The van der Waals surface area contributed by atoms with E-state index >= 15 is 0 Å². The molecule has 0 unspecified atom stereocenters. The molecule has 0 spiro atoms. The van der Waals surface area contributed by atoms with E-state index in [9.17, 15) is 13.2 Å². The first-order valence-electron chi connectivity index (χ1n) is 5.77. The average Bonchev–Trinajstić information content (AvgIpc) is 2.38. The molecule has 18 heavy (non-hydrogen) atoms. The first-order valence-corrected chi connectivity index (χ1v) is 5.77. The van der Waals surface area contributed by atoms with Crippen LogP contribution in [0.25, 0.3) is 0 Å². The smallest absolute Gasteiger partial charge is 0.203 e. The number of nitrogens with zero attached hydrogens (tertiary/aromatic N) is 1. The topological polar surface area (TPSA) is 24.5 Å². The Balaban J connectivity index is 2.24. The highest BCUT2D eigenvalue weighted by atomic mass is 19.2. The van der Waals surface area contributed by atoms with E-state index in [2.05, 4.69) is 10.1 Å². The van der Waals surface area contributed by atoms with Crippen LogP contribution in [0, 0.1) is 17.5 Å². The largest absolute Gasteiger partial charge is 0.491 e. The summed E-state index contributed by atoms with van der Waals surface area (Å²) in [4.78, 5) is 1.98. The van der Waals surface area contributed by atoms with Gasteiger partial charge in [0.15, 0.2) is 17.4 Å². The molecule has 3 nitrogen and oxygen atoms in total. The third-order valence-electron chi connectivity index (χ3n) is 3.00. The molecule has 0 aliphatic carbocycles. The van der Waals surface area contributed by atoms with E-state index in [-0.39, 0.29) is 12.1 Å². The number of benzene rings is 1. The molecule has 1 heterocycles. The van der Waals surface area contributed by atoms with Crippen molar-refractivity contribution in [2.75, 3.05) is 33.3 Å². The molecule has 0 bridgehead atoms. The second kappa shape index (κ2) is 5.58. The molecule has 0 amide bonds. The monoisotopic (exact) mass is 260 g/mol. The quantitative estimate of drug-likeness (QED) is 0.834. The fourth-order valence-electron chi connectivity index (χ4n) is 2.03. The van der Waals surface area contributed by atoms with Crippen LogP contribution in [0.5, 0.6) is 5.75 Å². The van der Waals surface area contributed by atoms with Gasteiger partial charge in [0.25, 0.3) is 0 Å². The molecular formula is C12H15F3N2O. The van der Waals surface area contributed by atoms with Gasteiger partial charge in [0, 0.05) is 38.3 Å². The fourth-order valence-corrected chi connectivity index (χ4v) is 2.03. The van der Waals surface area contributed by atoms with Crippen LogP contribution in [0.2, 0.25) is 0 Å². The summed E-state index contributed by atoms with van der Waals surface area (Å²) in [5.41, 5.74) is 0.118. The van der Waals surface area contributed by atoms with Gasteiger partial charge in [-0.3, -0.25) is 4.90 Å². The first kappa shape index (κ1) is 13.2. The predicted molar refractivity (Wildman–Crippen MR) is 61.0 cm³/mol. The number of piperazine rings is 1. The SMILES string of the molecule is COc1c(F)c(F)cc(CN2CCNCC2)c1F. The number of nitrogens with one attached hydrogen (secondary N) is 1. The molecule has 0 radical (unpaired) electrons. The van der Waals surface area contributed by atoms with Gasteiger partial charge in [0.2, 0.25) is 5.82 Å². The number of rotatable bonds is 3. The van der Waals surface area contributed by atoms with Gasteiger partial charge in [-0.1, -0.05) is 0 Å². The minimum atomic E-state index is -1.28. The molecular weight excluding hydrogens is 245 g/mol. The van der Waals surface area contributed by atoms with Crippen LogP contribution >= 0.6 is 0 Å². The normalized spacial score (nSPS) is 16.9. The van der Waals surface area contributed by atoms with E-state index in [0.29, 0.717) is 0 Å². The van der Waals surface area contributed by atoms with Gasteiger partial charge in [0.05, 0.1) is 7.11 Å². The van der Waals surface area contributed by atoms with Crippen LogP contribution < -0.4 is 10.1 Å². The highest BCUT2D eigenvalue weighted by molar-refractivity contribution is 5.33. The molecule has 1 saturated heterocycles. The van der Waals surface area contributed by atoms with Gasteiger partial charge < -0.3 is 10.1 Å². The number of hydrogen-bond acceptors (Lipinski definition) is 3. The molecule has 0 aromatic heterocycles. The molecule has 1 fully saturated rings. The summed E-state index contributed by atoms with van der Waals surface area (Å²) in [5.74, 6) is -3.84. The Labute approximate surface area is 104 Å². The predicted octanol–water partition coefficient (Wildman–Crippen LogP) is 1.52. The van der Waals surface area contributed by atoms with E-state index in [1.807, 2.05) is 4.90 Å². The van der Waals surface area contributed by atoms with E-state index in [1.54, 1.807) is 0 Å². The van der Waals surface area contributed by atoms with E-state index in [1.165, 1.54) is 0 Å². The minimum Gasteiger partial charge on any atom is -0.491 e. The van der Waals surface area contributed by atoms with Gasteiger partial charge in [-0.05, 0) is 6.07 Å².